The fourth-order valence-electron chi connectivity index (χ4n) is 2.49. The Bertz CT molecular complexity index is 958. The lowest BCUT2D eigenvalue weighted by atomic mass is 10.00. The van der Waals surface area contributed by atoms with Gasteiger partial charge in [0.1, 0.15) is 5.82 Å². The lowest BCUT2D eigenvalue weighted by Gasteiger charge is -2.12. The fraction of sp³-hybridized carbons (Fsp3) is 0.0500. The summed E-state index contributed by atoms with van der Waals surface area (Å²) in [7, 11) is 0. The molecule has 0 bridgehead atoms. The smallest absolute Gasteiger partial charge is 0.139 e. The highest BCUT2D eigenvalue weighted by atomic mass is 79.9. The third-order valence-electron chi connectivity index (χ3n) is 3.81. The second-order valence-corrected chi connectivity index (χ2v) is 7.26. The van der Waals surface area contributed by atoms with E-state index < -0.39 is 0 Å². The molecule has 0 saturated carbocycles. The van der Waals surface area contributed by atoms with Gasteiger partial charge in [0.05, 0.1) is 14.4 Å². The van der Waals surface area contributed by atoms with Crippen molar-refractivity contribution in [3.8, 4) is 0 Å². The molecule has 126 valence electrons. The number of benzene rings is 3. The number of hydrogen-bond donors (Lipinski definition) is 1. The van der Waals surface area contributed by atoms with Crippen LogP contribution in [0.1, 0.15) is 16.7 Å². The molecule has 3 aromatic rings. The van der Waals surface area contributed by atoms with Crippen molar-refractivity contribution < 1.29 is 4.39 Å². The number of rotatable bonds is 4. The Labute approximate surface area is 165 Å². The Balaban J connectivity index is 1.87. The van der Waals surface area contributed by atoms with Gasteiger partial charge in [-0.05, 0) is 70.4 Å². The highest BCUT2D eigenvalue weighted by Crippen LogP contribution is 2.28. The van der Waals surface area contributed by atoms with Gasteiger partial charge in [-0.1, -0.05) is 48.1 Å². The molecule has 0 atom stereocenters. The molecule has 3 aromatic carbocycles. The van der Waals surface area contributed by atoms with E-state index in [2.05, 4.69) is 21.2 Å². The molecule has 0 fully saturated rings. The highest BCUT2D eigenvalue weighted by molar-refractivity contribution is 9.10. The van der Waals surface area contributed by atoms with E-state index in [0.717, 1.165) is 22.4 Å². The monoisotopic (exact) mass is 433 g/mol. The molecule has 25 heavy (non-hydrogen) atoms. The van der Waals surface area contributed by atoms with Crippen molar-refractivity contribution in [2.75, 3.05) is 5.32 Å². The van der Waals surface area contributed by atoms with Gasteiger partial charge in [-0.2, -0.15) is 0 Å². The average Bonchev–Trinajstić information content (AvgIpc) is 2.58. The molecule has 0 spiro atoms. The van der Waals surface area contributed by atoms with Crippen LogP contribution in [-0.2, 0) is 0 Å². The van der Waals surface area contributed by atoms with Crippen molar-refractivity contribution >= 4 is 56.0 Å². The topological polar surface area (TPSA) is 12.0 Å². The van der Waals surface area contributed by atoms with Gasteiger partial charge >= 0.3 is 0 Å². The summed E-state index contributed by atoms with van der Waals surface area (Å²) in [5, 5.41) is 3.69. The minimum Gasteiger partial charge on any atom is -0.355 e. The van der Waals surface area contributed by atoms with Crippen molar-refractivity contribution in [3.05, 3.63) is 92.7 Å². The van der Waals surface area contributed by atoms with Crippen LogP contribution in [0.25, 0.3) is 0 Å². The van der Waals surface area contributed by atoms with E-state index in [1.165, 1.54) is 6.07 Å². The summed E-state index contributed by atoms with van der Waals surface area (Å²) in [5.41, 5.74) is 4.32. The first-order valence-corrected chi connectivity index (χ1v) is 9.15. The first kappa shape index (κ1) is 18.1. The van der Waals surface area contributed by atoms with Crippen LogP contribution in [0.2, 0.25) is 5.02 Å². The van der Waals surface area contributed by atoms with Gasteiger partial charge in [0.25, 0.3) is 0 Å². The van der Waals surface area contributed by atoms with Crippen LogP contribution in [0.4, 0.5) is 15.8 Å². The lowest BCUT2D eigenvalue weighted by molar-refractivity contribution is 0.622. The van der Waals surface area contributed by atoms with Crippen LogP contribution in [0.3, 0.4) is 0 Å². The van der Waals surface area contributed by atoms with Crippen LogP contribution >= 0.6 is 39.7 Å². The zero-order chi connectivity index (χ0) is 18.0. The van der Waals surface area contributed by atoms with Gasteiger partial charge in [-0.25, -0.2) is 4.39 Å². The molecule has 1 N–H and O–H groups in total. The summed E-state index contributed by atoms with van der Waals surface area (Å²) >= 11 is 15.2. The summed E-state index contributed by atoms with van der Waals surface area (Å²) in [6, 6.07) is 18.4. The molecular formula is C20H14BrClFNS. The number of anilines is 2. The Hall–Kier alpha value is -1.75. The molecule has 0 saturated heterocycles. The minimum atomic E-state index is -0.326. The normalized spacial score (nSPS) is 10.6. The third kappa shape index (κ3) is 4.09. The summed E-state index contributed by atoms with van der Waals surface area (Å²) < 4.78 is 14.1. The lowest BCUT2D eigenvalue weighted by Crippen LogP contribution is -2.03. The van der Waals surface area contributed by atoms with E-state index in [1.807, 2.05) is 43.3 Å². The Kier molecular flexibility index (Phi) is 5.52. The molecule has 3 rings (SSSR count). The molecule has 0 aliphatic carbocycles. The summed E-state index contributed by atoms with van der Waals surface area (Å²) in [4.78, 5) is 0.712. The molecule has 5 heteroatoms. The maximum absolute atomic E-state index is 13.6. The standard InChI is InChI=1S/C20H14BrClFNS/c1-12-4-2-3-5-15(12)20(25)16-8-6-13(10-18(16)22)24-14-7-9-17(21)19(23)11-14/h2-11,24H,1H3. The molecule has 0 radical (unpaired) electrons. The van der Waals surface area contributed by atoms with Crippen LogP contribution < -0.4 is 5.32 Å². The van der Waals surface area contributed by atoms with Crippen molar-refractivity contribution in [2.45, 2.75) is 6.92 Å². The van der Waals surface area contributed by atoms with Gasteiger partial charge in [-0.15, -0.1) is 0 Å². The van der Waals surface area contributed by atoms with E-state index >= 15 is 0 Å². The minimum absolute atomic E-state index is 0.326. The summed E-state index contributed by atoms with van der Waals surface area (Å²) in [5.74, 6) is -0.326. The molecule has 0 aliphatic heterocycles. The van der Waals surface area contributed by atoms with Crippen LogP contribution in [0.15, 0.2) is 65.1 Å². The van der Waals surface area contributed by atoms with E-state index in [4.69, 9.17) is 23.8 Å². The van der Waals surface area contributed by atoms with Gasteiger partial charge in [0, 0.05) is 16.9 Å². The van der Waals surface area contributed by atoms with Gasteiger partial charge < -0.3 is 5.32 Å². The van der Waals surface area contributed by atoms with Gasteiger partial charge in [-0.3, -0.25) is 0 Å². The van der Waals surface area contributed by atoms with E-state index in [-0.39, 0.29) is 5.82 Å². The molecule has 0 unspecified atom stereocenters. The summed E-state index contributed by atoms with van der Waals surface area (Å²) in [6.45, 7) is 2.02. The average molecular weight is 435 g/mol. The predicted molar refractivity (Wildman–Crippen MR) is 111 cm³/mol. The van der Waals surface area contributed by atoms with E-state index in [9.17, 15) is 4.39 Å². The largest absolute Gasteiger partial charge is 0.355 e. The zero-order valence-corrected chi connectivity index (χ0v) is 16.5. The number of halogens is 3. The number of hydrogen-bond acceptors (Lipinski definition) is 2. The Morgan fingerprint density at radius 3 is 2.36 bits per heavy atom. The van der Waals surface area contributed by atoms with Crippen molar-refractivity contribution in [1.29, 1.82) is 0 Å². The van der Waals surface area contributed by atoms with Crippen molar-refractivity contribution in [3.63, 3.8) is 0 Å². The third-order valence-corrected chi connectivity index (χ3v) is 5.21. The molecular weight excluding hydrogens is 421 g/mol. The number of thiocarbonyl (C=S) groups is 1. The predicted octanol–water partition coefficient (Wildman–Crippen LogP) is 7.06. The summed E-state index contributed by atoms with van der Waals surface area (Å²) in [6.07, 6.45) is 0. The number of aryl methyl sites for hydroxylation is 1. The maximum atomic E-state index is 13.6. The second kappa shape index (κ2) is 7.65. The van der Waals surface area contributed by atoms with Gasteiger partial charge in [0.15, 0.2) is 0 Å². The van der Waals surface area contributed by atoms with Gasteiger partial charge in [0.2, 0.25) is 0 Å². The Morgan fingerprint density at radius 2 is 1.68 bits per heavy atom. The van der Waals surface area contributed by atoms with E-state index in [0.29, 0.717) is 20.0 Å². The first-order chi connectivity index (χ1) is 12.0. The molecule has 0 aliphatic rings. The zero-order valence-electron chi connectivity index (χ0n) is 13.3. The maximum Gasteiger partial charge on any atom is 0.139 e. The van der Waals surface area contributed by atoms with Crippen LogP contribution in [0, 0.1) is 12.7 Å². The fourth-order valence-corrected chi connectivity index (χ4v) is 3.48. The van der Waals surface area contributed by atoms with E-state index in [1.54, 1.807) is 18.2 Å². The quantitative estimate of drug-likeness (QED) is 0.348. The molecule has 0 aromatic heterocycles. The van der Waals surface area contributed by atoms with Crippen LogP contribution in [-0.4, -0.2) is 4.86 Å². The molecule has 0 heterocycles. The first-order valence-electron chi connectivity index (χ1n) is 7.57. The molecule has 0 amide bonds. The molecule has 1 nitrogen and oxygen atoms in total. The number of nitrogens with one attached hydrogen (secondary N) is 1. The Morgan fingerprint density at radius 1 is 1.00 bits per heavy atom. The SMILES string of the molecule is Cc1ccccc1C(=S)c1ccc(Nc2ccc(Br)c(F)c2)cc1Cl. The highest BCUT2D eigenvalue weighted by Gasteiger charge is 2.11. The second-order valence-electron chi connectivity index (χ2n) is 5.59. The van der Waals surface area contributed by atoms with Crippen LogP contribution in [0.5, 0.6) is 0 Å². The van der Waals surface area contributed by atoms with Crippen molar-refractivity contribution in [2.24, 2.45) is 0 Å². The van der Waals surface area contributed by atoms with Crippen molar-refractivity contribution in [1.82, 2.24) is 0 Å².